The Morgan fingerprint density at radius 2 is 1.97 bits per heavy atom. The quantitative estimate of drug-likeness (QED) is 0.649. The summed E-state index contributed by atoms with van der Waals surface area (Å²) in [6, 6.07) is 2.92. The summed E-state index contributed by atoms with van der Waals surface area (Å²) in [5.74, 6) is -2.55. The molecule has 3 aliphatic rings. The molecule has 2 saturated carbocycles. The van der Waals surface area contributed by atoms with Gasteiger partial charge < -0.3 is 25.0 Å². The predicted octanol–water partition coefficient (Wildman–Crippen LogP) is 1.65. The number of carbonyl (C=O) groups is 2. The van der Waals surface area contributed by atoms with Gasteiger partial charge in [-0.05, 0) is 37.2 Å². The number of fused-ring (bicyclic) bond motifs is 2. The van der Waals surface area contributed by atoms with Gasteiger partial charge in [-0.2, -0.15) is 0 Å². The van der Waals surface area contributed by atoms with E-state index >= 15 is 0 Å². The predicted molar refractivity (Wildman–Crippen MR) is 107 cm³/mol. The van der Waals surface area contributed by atoms with Crippen molar-refractivity contribution in [1.29, 1.82) is 0 Å². The van der Waals surface area contributed by atoms with Crippen LogP contribution < -0.4 is 16.1 Å². The molecule has 1 aromatic carbocycles. The molecule has 5 rings (SSSR count). The van der Waals surface area contributed by atoms with Crippen LogP contribution in [0.25, 0.3) is 0 Å². The number of rotatable bonds is 5. The lowest BCUT2D eigenvalue weighted by molar-refractivity contribution is -0.0408. The van der Waals surface area contributed by atoms with Gasteiger partial charge in [0.05, 0.1) is 12.6 Å². The van der Waals surface area contributed by atoms with Gasteiger partial charge in [-0.15, -0.1) is 0 Å². The molecular formula is C22H21F2N3O5. The van der Waals surface area contributed by atoms with Crippen LogP contribution in [0.15, 0.2) is 29.2 Å². The second kappa shape index (κ2) is 7.70. The number of halogens is 2. The van der Waals surface area contributed by atoms with Gasteiger partial charge in [0.15, 0.2) is 11.4 Å². The number of nitrogens with zero attached hydrogens (tertiary/aromatic N) is 1. The molecule has 3 N–H and O–H groups in total. The van der Waals surface area contributed by atoms with E-state index in [0.717, 1.165) is 18.9 Å². The van der Waals surface area contributed by atoms with Crippen molar-refractivity contribution in [3.63, 3.8) is 0 Å². The molecule has 8 nitrogen and oxygen atoms in total. The molecule has 4 atom stereocenters. The van der Waals surface area contributed by atoms with E-state index in [1.807, 2.05) is 0 Å². The Bertz CT molecular complexity index is 1170. The van der Waals surface area contributed by atoms with Crippen molar-refractivity contribution in [1.82, 2.24) is 15.2 Å². The molecule has 2 heterocycles. The molecule has 2 amide bonds. The van der Waals surface area contributed by atoms with Crippen molar-refractivity contribution in [2.75, 3.05) is 0 Å². The molecule has 32 heavy (non-hydrogen) atoms. The summed E-state index contributed by atoms with van der Waals surface area (Å²) in [5, 5.41) is 15.3. The molecule has 0 radical (unpaired) electrons. The van der Waals surface area contributed by atoms with E-state index in [0.29, 0.717) is 17.9 Å². The number of carbonyl (C=O) groups excluding carboxylic acids is 2. The standard InChI is InChI=1S/C22H21F2N3O5/c23-13-2-1-10(16(24)6-13)7-25-21(30)15-8-27-9-17(32-14-4-11-3-12(11)5-14)26-22(31)18(27)20(29)19(15)28/h1-2,6,8,11-12,14,17,29H,3-5,7,9H2,(H,25,30)(H,26,31)/t11-,12?,14+,17-/m1/s1. The lowest BCUT2D eigenvalue weighted by Gasteiger charge is -2.30. The number of pyridine rings is 1. The second-order valence-corrected chi connectivity index (χ2v) is 8.59. The smallest absolute Gasteiger partial charge is 0.273 e. The van der Waals surface area contributed by atoms with Gasteiger partial charge in [-0.1, -0.05) is 6.07 Å². The van der Waals surface area contributed by atoms with Gasteiger partial charge in [-0.3, -0.25) is 14.4 Å². The van der Waals surface area contributed by atoms with Gasteiger partial charge >= 0.3 is 0 Å². The number of ether oxygens (including phenoxy) is 1. The maximum atomic E-state index is 13.8. The lowest BCUT2D eigenvalue weighted by Crippen LogP contribution is -2.48. The molecule has 1 aromatic heterocycles. The van der Waals surface area contributed by atoms with Gasteiger partial charge in [0.1, 0.15) is 23.4 Å². The Morgan fingerprint density at radius 1 is 1.22 bits per heavy atom. The highest BCUT2D eigenvalue weighted by molar-refractivity contribution is 5.99. The maximum absolute atomic E-state index is 13.8. The monoisotopic (exact) mass is 445 g/mol. The summed E-state index contributed by atoms with van der Waals surface area (Å²) in [6.45, 7) is -0.170. The highest BCUT2D eigenvalue weighted by Gasteiger charge is 2.47. The fraction of sp³-hybridized carbons (Fsp3) is 0.409. The van der Waals surface area contributed by atoms with Crippen LogP contribution in [-0.2, 0) is 17.8 Å². The van der Waals surface area contributed by atoms with Gasteiger partial charge in [0, 0.05) is 24.4 Å². The van der Waals surface area contributed by atoms with Crippen molar-refractivity contribution in [3.05, 3.63) is 63.1 Å². The van der Waals surface area contributed by atoms with Crippen LogP contribution in [0.3, 0.4) is 0 Å². The summed E-state index contributed by atoms with van der Waals surface area (Å²) in [4.78, 5) is 37.6. The molecular weight excluding hydrogens is 424 g/mol. The van der Waals surface area contributed by atoms with E-state index in [4.69, 9.17) is 4.74 Å². The molecule has 2 fully saturated rings. The second-order valence-electron chi connectivity index (χ2n) is 8.59. The van der Waals surface area contributed by atoms with Gasteiger partial charge in [0.2, 0.25) is 5.43 Å². The minimum Gasteiger partial charge on any atom is -0.503 e. The zero-order valence-electron chi connectivity index (χ0n) is 16.9. The molecule has 168 valence electrons. The fourth-order valence-electron chi connectivity index (χ4n) is 4.65. The first-order valence-electron chi connectivity index (χ1n) is 10.4. The van der Waals surface area contributed by atoms with E-state index in [1.165, 1.54) is 23.3 Å². The van der Waals surface area contributed by atoms with Crippen LogP contribution in [0.4, 0.5) is 8.78 Å². The summed E-state index contributed by atoms with van der Waals surface area (Å²) in [6.07, 6.45) is 3.72. The Labute approximate surface area is 181 Å². The lowest BCUT2D eigenvalue weighted by atomic mass is 10.1. The van der Waals surface area contributed by atoms with Crippen molar-refractivity contribution < 1.29 is 28.2 Å². The van der Waals surface area contributed by atoms with E-state index in [2.05, 4.69) is 10.6 Å². The minimum absolute atomic E-state index is 0.0319. The largest absolute Gasteiger partial charge is 0.503 e. The molecule has 1 aliphatic heterocycles. The van der Waals surface area contributed by atoms with Crippen LogP contribution in [0, 0.1) is 23.5 Å². The minimum atomic E-state index is -1.02. The summed E-state index contributed by atoms with van der Waals surface area (Å²) < 4.78 is 34.2. The van der Waals surface area contributed by atoms with Crippen molar-refractivity contribution in [2.45, 2.75) is 44.7 Å². The SMILES string of the molecule is O=C(NCc1ccc(F)cc1F)c1cn2c(c(O)c1=O)C(=O)N[C@H](O[C@@H]1CC3C[C@@H]3C1)C2. The number of aromatic hydroxyl groups is 1. The number of amides is 2. The Balaban J connectivity index is 1.34. The highest BCUT2D eigenvalue weighted by atomic mass is 19.1. The van der Waals surface area contributed by atoms with Crippen molar-refractivity contribution in [2.24, 2.45) is 11.8 Å². The average Bonchev–Trinajstić information content (AvgIpc) is 3.35. The van der Waals surface area contributed by atoms with Gasteiger partial charge in [0.25, 0.3) is 11.8 Å². The van der Waals surface area contributed by atoms with Crippen molar-refractivity contribution >= 4 is 11.8 Å². The van der Waals surface area contributed by atoms with E-state index < -0.39 is 46.4 Å². The van der Waals surface area contributed by atoms with Crippen LogP contribution in [0.2, 0.25) is 0 Å². The first kappa shape index (κ1) is 20.6. The third-order valence-electron chi connectivity index (χ3n) is 6.38. The zero-order valence-corrected chi connectivity index (χ0v) is 16.9. The number of benzene rings is 1. The van der Waals surface area contributed by atoms with Crippen molar-refractivity contribution in [3.8, 4) is 5.75 Å². The molecule has 0 spiro atoms. The summed E-state index contributed by atoms with van der Waals surface area (Å²) in [5.41, 5.74) is -1.63. The number of aromatic nitrogens is 1. The number of nitrogens with one attached hydrogen (secondary N) is 2. The summed E-state index contributed by atoms with van der Waals surface area (Å²) in [7, 11) is 0. The molecule has 10 heteroatoms. The molecule has 1 unspecified atom stereocenters. The van der Waals surface area contributed by atoms with Gasteiger partial charge in [-0.25, -0.2) is 8.78 Å². The van der Waals surface area contributed by atoms with Crippen LogP contribution in [0.5, 0.6) is 5.75 Å². The fourth-order valence-corrected chi connectivity index (χ4v) is 4.65. The number of hydrogen-bond donors (Lipinski definition) is 3. The Morgan fingerprint density at radius 3 is 2.69 bits per heavy atom. The number of hydrogen-bond acceptors (Lipinski definition) is 5. The molecule has 2 aliphatic carbocycles. The van der Waals surface area contributed by atoms with E-state index in [1.54, 1.807) is 0 Å². The first-order valence-corrected chi connectivity index (χ1v) is 10.4. The normalized spacial score (nSPS) is 25.6. The molecule has 0 bridgehead atoms. The maximum Gasteiger partial charge on any atom is 0.273 e. The van der Waals surface area contributed by atoms with Crippen LogP contribution in [0.1, 0.15) is 45.7 Å². The third kappa shape index (κ3) is 3.75. The zero-order chi connectivity index (χ0) is 22.6. The van der Waals surface area contributed by atoms with E-state index in [-0.39, 0.29) is 30.5 Å². The van der Waals surface area contributed by atoms with Crippen LogP contribution >= 0.6 is 0 Å². The summed E-state index contributed by atoms with van der Waals surface area (Å²) >= 11 is 0. The highest BCUT2D eigenvalue weighted by Crippen LogP contribution is 2.52. The average molecular weight is 445 g/mol. The molecule has 0 saturated heterocycles. The molecule has 2 aromatic rings. The Hall–Kier alpha value is -3.27. The van der Waals surface area contributed by atoms with E-state index in [9.17, 15) is 28.3 Å². The van der Waals surface area contributed by atoms with Crippen LogP contribution in [-0.4, -0.2) is 33.8 Å². The third-order valence-corrected chi connectivity index (χ3v) is 6.38. The first-order chi connectivity index (χ1) is 15.3. The Kier molecular flexibility index (Phi) is 4.96. The topological polar surface area (TPSA) is 110 Å².